The smallest absolute Gasteiger partial charge is 0.237 e. The number of hydrogen-bond acceptors (Lipinski definition) is 3. The number of amides is 1. The van der Waals surface area contributed by atoms with Crippen molar-refractivity contribution >= 4 is 21.8 Å². The van der Waals surface area contributed by atoms with Gasteiger partial charge in [0.1, 0.15) is 5.75 Å². The van der Waals surface area contributed by atoms with Gasteiger partial charge < -0.3 is 15.8 Å². The standard InChI is InChI=1S/C14H21BrN2O2/c1-4-9(2)13(16)14(18)17-8-10-5-6-12(19-3)11(15)7-10/h5-7,9,13H,4,8,16H2,1-3H3,(H,17,18). The maximum Gasteiger partial charge on any atom is 0.237 e. The largest absolute Gasteiger partial charge is 0.496 e. The first-order valence-corrected chi connectivity index (χ1v) is 7.14. The minimum absolute atomic E-state index is 0.110. The van der Waals surface area contributed by atoms with Gasteiger partial charge in [0, 0.05) is 6.54 Å². The highest BCUT2D eigenvalue weighted by atomic mass is 79.9. The maximum atomic E-state index is 11.9. The summed E-state index contributed by atoms with van der Waals surface area (Å²) in [7, 11) is 1.62. The van der Waals surface area contributed by atoms with Crippen molar-refractivity contribution in [1.82, 2.24) is 5.32 Å². The summed E-state index contributed by atoms with van der Waals surface area (Å²) in [6.45, 7) is 4.47. The molecule has 0 aliphatic carbocycles. The first kappa shape index (κ1) is 16.0. The lowest BCUT2D eigenvalue weighted by atomic mass is 9.99. The Balaban J connectivity index is 2.57. The fourth-order valence-corrected chi connectivity index (χ4v) is 2.23. The first-order valence-electron chi connectivity index (χ1n) is 6.35. The molecule has 1 aromatic rings. The van der Waals surface area contributed by atoms with Gasteiger partial charge in [0.25, 0.3) is 0 Å². The molecule has 1 aromatic carbocycles. The van der Waals surface area contributed by atoms with Crippen molar-refractivity contribution in [3.8, 4) is 5.75 Å². The number of carbonyl (C=O) groups excluding carboxylic acids is 1. The lowest BCUT2D eigenvalue weighted by molar-refractivity contribution is -0.123. The van der Waals surface area contributed by atoms with Crippen LogP contribution in [0.5, 0.6) is 5.75 Å². The molecule has 3 N–H and O–H groups in total. The highest BCUT2D eigenvalue weighted by Crippen LogP contribution is 2.25. The molecule has 0 spiro atoms. The highest BCUT2D eigenvalue weighted by molar-refractivity contribution is 9.10. The number of halogens is 1. The summed E-state index contributed by atoms with van der Waals surface area (Å²) in [6.07, 6.45) is 0.892. The lowest BCUT2D eigenvalue weighted by Crippen LogP contribution is -2.44. The van der Waals surface area contributed by atoms with Gasteiger partial charge in [-0.2, -0.15) is 0 Å². The predicted molar refractivity (Wildman–Crippen MR) is 80.0 cm³/mol. The van der Waals surface area contributed by atoms with E-state index in [0.29, 0.717) is 6.54 Å². The Kier molecular flexibility index (Phi) is 6.31. The summed E-state index contributed by atoms with van der Waals surface area (Å²) in [5, 5.41) is 2.85. The van der Waals surface area contributed by atoms with E-state index >= 15 is 0 Å². The van der Waals surface area contributed by atoms with E-state index in [9.17, 15) is 4.79 Å². The Morgan fingerprint density at radius 2 is 2.21 bits per heavy atom. The molecule has 1 rings (SSSR count). The van der Waals surface area contributed by atoms with Crippen LogP contribution < -0.4 is 15.8 Å². The van der Waals surface area contributed by atoms with Crippen LogP contribution in [0.2, 0.25) is 0 Å². The molecular formula is C14H21BrN2O2. The number of ether oxygens (including phenoxy) is 1. The minimum Gasteiger partial charge on any atom is -0.496 e. The zero-order valence-corrected chi connectivity index (χ0v) is 13.2. The van der Waals surface area contributed by atoms with Crippen LogP contribution in [0.15, 0.2) is 22.7 Å². The normalized spacial score (nSPS) is 13.7. The van der Waals surface area contributed by atoms with E-state index < -0.39 is 6.04 Å². The third-order valence-electron chi connectivity index (χ3n) is 3.24. The van der Waals surface area contributed by atoms with Crippen molar-refractivity contribution in [2.24, 2.45) is 11.7 Å². The van der Waals surface area contributed by atoms with Crippen LogP contribution in [-0.4, -0.2) is 19.1 Å². The molecule has 2 atom stereocenters. The summed E-state index contributed by atoms with van der Waals surface area (Å²) < 4.78 is 6.02. The molecule has 0 saturated heterocycles. The van der Waals surface area contributed by atoms with Gasteiger partial charge in [-0.3, -0.25) is 4.79 Å². The fourth-order valence-electron chi connectivity index (χ4n) is 1.64. The topological polar surface area (TPSA) is 64.4 Å². The quantitative estimate of drug-likeness (QED) is 0.843. The van der Waals surface area contributed by atoms with Gasteiger partial charge in [-0.05, 0) is 39.5 Å². The van der Waals surface area contributed by atoms with Crippen molar-refractivity contribution in [1.29, 1.82) is 0 Å². The first-order chi connectivity index (χ1) is 8.99. The van der Waals surface area contributed by atoms with Gasteiger partial charge in [0.2, 0.25) is 5.91 Å². The molecule has 0 aliphatic rings. The van der Waals surface area contributed by atoms with Crippen LogP contribution in [-0.2, 0) is 11.3 Å². The summed E-state index contributed by atoms with van der Waals surface area (Å²) in [5.74, 6) is 0.843. The zero-order valence-electron chi connectivity index (χ0n) is 11.6. The molecule has 4 nitrogen and oxygen atoms in total. The second kappa shape index (κ2) is 7.50. The predicted octanol–water partition coefficient (Wildman–Crippen LogP) is 2.45. The van der Waals surface area contributed by atoms with E-state index in [1.807, 2.05) is 32.0 Å². The third kappa shape index (κ3) is 4.51. The van der Waals surface area contributed by atoms with Crippen molar-refractivity contribution in [3.05, 3.63) is 28.2 Å². The van der Waals surface area contributed by atoms with Crippen molar-refractivity contribution < 1.29 is 9.53 Å². The van der Waals surface area contributed by atoms with Gasteiger partial charge in [-0.15, -0.1) is 0 Å². The Morgan fingerprint density at radius 1 is 1.53 bits per heavy atom. The zero-order chi connectivity index (χ0) is 14.4. The third-order valence-corrected chi connectivity index (χ3v) is 3.86. The number of benzene rings is 1. The molecule has 0 aromatic heterocycles. The van der Waals surface area contributed by atoms with E-state index in [1.165, 1.54) is 0 Å². The van der Waals surface area contributed by atoms with E-state index in [-0.39, 0.29) is 11.8 Å². The van der Waals surface area contributed by atoms with E-state index in [2.05, 4.69) is 21.2 Å². The van der Waals surface area contributed by atoms with Crippen LogP contribution in [0.3, 0.4) is 0 Å². The second-order valence-corrected chi connectivity index (χ2v) is 5.45. The Hall–Kier alpha value is -1.07. The molecule has 0 fully saturated rings. The number of methoxy groups -OCH3 is 1. The summed E-state index contributed by atoms with van der Waals surface area (Å²) in [5.41, 5.74) is 6.87. The molecule has 1 amide bonds. The summed E-state index contributed by atoms with van der Waals surface area (Å²) in [6, 6.07) is 5.25. The molecular weight excluding hydrogens is 308 g/mol. The monoisotopic (exact) mass is 328 g/mol. The average Bonchev–Trinajstić information content (AvgIpc) is 2.43. The molecule has 0 radical (unpaired) electrons. The van der Waals surface area contributed by atoms with Crippen molar-refractivity contribution in [3.63, 3.8) is 0 Å². The number of nitrogens with one attached hydrogen (secondary N) is 1. The average molecular weight is 329 g/mol. The lowest BCUT2D eigenvalue weighted by Gasteiger charge is -2.17. The highest BCUT2D eigenvalue weighted by Gasteiger charge is 2.18. The van der Waals surface area contributed by atoms with Crippen LogP contribution in [0.1, 0.15) is 25.8 Å². The summed E-state index contributed by atoms with van der Waals surface area (Å²) in [4.78, 5) is 11.9. The molecule has 106 valence electrons. The van der Waals surface area contributed by atoms with Gasteiger partial charge in [0.15, 0.2) is 0 Å². The van der Waals surface area contributed by atoms with Gasteiger partial charge in [-0.1, -0.05) is 26.3 Å². The number of carbonyl (C=O) groups is 1. The molecule has 0 saturated carbocycles. The molecule has 2 unspecified atom stereocenters. The van der Waals surface area contributed by atoms with E-state index in [0.717, 1.165) is 22.2 Å². The number of hydrogen-bond donors (Lipinski definition) is 2. The van der Waals surface area contributed by atoms with E-state index in [4.69, 9.17) is 10.5 Å². The second-order valence-electron chi connectivity index (χ2n) is 4.60. The fraction of sp³-hybridized carbons (Fsp3) is 0.500. The van der Waals surface area contributed by atoms with Gasteiger partial charge in [0.05, 0.1) is 17.6 Å². The number of rotatable bonds is 6. The van der Waals surface area contributed by atoms with Gasteiger partial charge >= 0.3 is 0 Å². The Labute approximate surface area is 122 Å². The molecule has 0 bridgehead atoms. The van der Waals surface area contributed by atoms with E-state index in [1.54, 1.807) is 7.11 Å². The van der Waals surface area contributed by atoms with Crippen LogP contribution in [0.4, 0.5) is 0 Å². The molecule has 0 aliphatic heterocycles. The molecule has 19 heavy (non-hydrogen) atoms. The van der Waals surface area contributed by atoms with Crippen molar-refractivity contribution in [2.45, 2.75) is 32.9 Å². The Bertz CT molecular complexity index is 437. The summed E-state index contributed by atoms with van der Waals surface area (Å²) >= 11 is 3.42. The van der Waals surface area contributed by atoms with Crippen LogP contribution in [0.25, 0.3) is 0 Å². The Morgan fingerprint density at radius 3 is 2.74 bits per heavy atom. The maximum absolute atomic E-state index is 11.9. The van der Waals surface area contributed by atoms with Crippen molar-refractivity contribution in [2.75, 3.05) is 7.11 Å². The number of nitrogens with two attached hydrogens (primary N) is 1. The molecule has 0 heterocycles. The molecule has 5 heteroatoms. The SMILES string of the molecule is CCC(C)C(N)C(=O)NCc1ccc(OC)c(Br)c1. The minimum atomic E-state index is -0.452. The van der Waals surface area contributed by atoms with Gasteiger partial charge in [-0.25, -0.2) is 0 Å². The van der Waals surface area contributed by atoms with Crippen LogP contribution in [0, 0.1) is 5.92 Å². The van der Waals surface area contributed by atoms with Crippen LogP contribution >= 0.6 is 15.9 Å².